The highest BCUT2D eigenvalue weighted by molar-refractivity contribution is 9.10. The Hall–Kier alpha value is 0.140. The number of hydrogen-bond acceptors (Lipinski definition) is 2. The molecule has 1 nitrogen and oxygen atoms in total. The van der Waals surface area contributed by atoms with Crippen LogP contribution < -0.4 is 5.32 Å². The first-order chi connectivity index (χ1) is 5.86. The van der Waals surface area contributed by atoms with Crippen molar-refractivity contribution in [2.24, 2.45) is 0 Å². The van der Waals surface area contributed by atoms with Gasteiger partial charge in [-0.2, -0.15) is 0 Å². The molecule has 1 saturated heterocycles. The fourth-order valence-corrected chi connectivity index (χ4v) is 3.27. The molecule has 0 radical (unpaired) electrons. The summed E-state index contributed by atoms with van der Waals surface area (Å²) in [6.45, 7) is 2.36. The van der Waals surface area contributed by atoms with Gasteiger partial charge in [-0.3, -0.25) is 0 Å². The first-order valence-electron chi connectivity index (χ1n) is 4.31. The number of rotatable bonds is 1. The van der Waals surface area contributed by atoms with Gasteiger partial charge in [0.1, 0.15) is 0 Å². The smallest absolute Gasteiger partial charge is 0.0285 e. The van der Waals surface area contributed by atoms with Crippen molar-refractivity contribution >= 4 is 27.3 Å². The van der Waals surface area contributed by atoms with E-state index in [1.807, 2.05) is 11.3 Å². The highest BCUT2D eigenvalue weighted by atomic mass is 79.9. The van der Waals surface area contributed by atoms with E-state index >= 15 is 0 Å². The van der Waals surface area contributed by atoms with Crippen LogP contribution in [-0.2, 0) is 0 Å². The average Bonchev–Trinajstić information content (AvgIpc) is 2.54. The predicted octanol–water partition coefficient (Wildman–Crippen LogP) is 2.98. The zero-order chi connectivity index (χ0) is 8.39. The van der Waals surface area contributed by atoms with Gasteiger partial charge >= 0.3 is 0 Å². The molecule has 1 aliphatic heterocycles. The van der Waals surface area contributed by atoms with Gasteiger partial charge in [0.25, 0.3) is 0 Å². The summed E-state index contributed by atoms with van der Waals surface area (Å²) in [4.78, 5) is 1.54. The molecule has 12 heavy (non-hydrogen) atoms. The van der Waals surface area contributed by atoms with Crippen molar-refractivity contribution in [2.75, 3.05) is 13.1 Å². The molecule has 1 N–H and O–H groups in total. The third kappa shape index (κ3) is 1.90. The molecule has 66 valence electrons. The molecule has 0 bridgehead atoms. The Labute approximate surface area is 85.3 Å². The van der Waals surface area contributed by atoms with Crippen LogP contribution >= 0.6 is 27.3 Å². The maximum Gasteiger partial charge on any atom is 0.0285 e. The van der Waals surface area contributed by atoms with E-state index in [9.17, 15) is 0 Å². The second-order valence-corrected chi connectivity index (χ2v) is 5.05. The SMILES string of the molecule is Brc1csc(C2CCNCC2)c1. The summed E-state index contributed by atoms with van der Waals surface area (Å²) in [6.07, 6.45) is 2.60. The largest absolute Gasteiger partial charge is 0.317 e. The lowest BCUT2D eigenvalue weighted by Gasteiger charge is -2.21. The van der Waals surface area contributed by atoms with E-state index in [0.717, 1.165) is 5.92 Å². The van der Waals surface area contributed by atoms with Crippen LogP contribution in [0.3, 0.4) is 0 Å². The van der Waals surface area contributed by atoms with Crippen LogP contribution in [0.5, 0.6) is 0 Å². The Morgan fingerprint density at radius 3 is 2.75 bits per heavy atom. The molecular weight excluding hydrogens is 234 g/mol. The highest BCUT2D eigenvalue weighted by Gasteiger charge is 2.16. The van der Waals surface area contributed by atoms with Gasteiger partial charge < -0.3 is 5.32 Å². The lowest BCUT2D eigenvalue weighted by atomic mass is 9.97. The van der Waals surface area contributed by atoms with E-state index in [1.54, 1.807) is 4.88 Å². The average molecular weight is 246 g/mol. The van der Waals surface area contributed by atoms with Gasteiger partial charge in [-0.15, -0.1) is 11.3 Å². The van der Waals surface area contributed by atoms with E-state index in [-0.39, 0.29) is 0 Å². The molecule has 0 spiro atoms. The molecule has 0 amide bonds. The topological polar surface area (TPSA) is 12.0 Å². The Balaban J connectivity index is 2.08. The molecule has 3 heteroatoms. The van der Waals surface area contributed by atoms with Gasteiger partial charge in [0.05, 0.1) is 0 Å². The van der Waals surface area contributed by atoms with Gasteiger partial charge in [-0.25, -0.2) is 0 Å². The Kier molecular flexibility index (Phi) is 2.84. The summed E-state index contributed by atoms with van der Waals surface area (Å²) < 4.78 is 1.24. The van der Waals surface area contributed by atoms with Crippen LogP contribution in [0.1, 0.15) is 23.6 Å². The molecule has 0 atom stereocenters. The lowest BCUT2D eigenvalue weighted by molar-refractivity contribution is 0.465. The van der Waals surface area contributed by atoms with Gasteiger partial charge in [-0.05, 0) is 53.8 Å². The normalized spacial score (nSPS) is 19.8. The number of piperidine rings is 1. The van der Waals surface area contributed by atoms with Crippen molar-refractivity contribution in [2.45, 2.75) is 18.8 Å². The standard InChI is InChI=1S/C9H12BrNS/c10-8-5-9(12-6-8)7-1-3-11-4-2-7/h5-7,11H,1-4H2. The zero-order valence-corrected chi connectivity index (χ0v) is 9.25. The maximum atomic E-state index is 3.49. The van der Waals surface area contributed by atoms with E-state index in [1.165, 1.54) is 30.4 Å². The third-order valence-corrected chi connectivity index (χ3v) is 4.19. The summed E-state index contributed by atoms with van der Waals surface area (Å²) >= 11 is 5.37. The van der Waals surface area contributed by atoms with Crippen molar-refractivity contribution in [3.8, 4) is 0 Å². The monoisotopic (exact) mass is 245 g/mol. The van der Waals surface area contributed by atoms with E-state index in [4.69, 9.17) is 0 Å². The van der Waals surface area contributed by atoms with E-state index < -0.39 is 0 Å². The van der Waals surface area contributed by atoms with Crippen LogP contribution in [0.25, 0.3) is 0 Å². The third-order valence-electron chi connectivity index (χ3n) is 2.33. The Bertz CT molecular complexity index is 253. The summed E-state index contributed by atoms with van der Waals surface area (Å²) in [6, 6.07) is 2.26. The van der Waals surface area contributed by atoms with E-state index in [0.29, 0.717) is 0 Å². The Morgan fingerprint density at radius 2 is 2.17 bits per heavy atom. The van der Waals surface area contributed by atoms with Gasteiger partial charge in [0.15, 0.2) is 0 Å². The fourth-order valence-electron chi connectivity index (χ4n) is 1.65. The number of halogens is 1. The first kappa shape index (κ1) is 8.73. The van der Waals surface area contributed by atoms with Gasteiger partial charge in [0.2, 0.25) is 0 Å². The summed E-state index contributed by atoms with van der Waals surface area (Å²) in [5.74, 6) is 0.808. The first-order valence-corrected chi connectivity index (χ1v) is 5.98. The molecule has 2 rings (SSSR count). The molecule has 0 aliphatic carbocycles. The minimum Gasteiger partial charge on any atom is -0.317 e. The molecule has 0 unspecified atom stereocenters. The number of nitrogens with one attached hydrogen (secondary N) is 1. The molecule has 2 heterocycles. The minimum absolute atomic E-state index is 0.808. The van der Waals surface area contributed by atoms with Crippen molar-refractivity contribution in [1.29, 1.82) is 0 Å². The van der Waals surface area contributed by atoms with Crippen molar-refractivity contribution in [1.82, 2.24) is 5.32 Å². The predicted molar refractivity (Wildman–Crippen MR) is 56.9 cm³/mol. The zero-order valence-electron chi connectivity index (χ0n) is 6.85. The van der Waals surface area contributed by atoms with Crippen LogP contribution in [0.15, 0.2) is 15.9 Å². The lowest BCUT2D eigenvalue weighted by Crippen LogP contribution is -2.26. The molecule has 1 aromatic rings. The molecule has 0 aromatic carbocycles. The quantitative estimate of drug-likeness (QED) is 0.803. The minimum atomic E-state index is 0.808. The van der Waals surface area contributed by atoms with Crippen molar-refractivity contribution in [3.05, 3.63) is 20.8 Å². The maximum absolute atomic E-state index is 3.49. The summed E-state index contributed by atoms with van der Waals surface area (Å²) in [5.41, 5.74) is 0. The second kappa shape index (κ2) is 3.90. The summed E-state index contributed by atoms with van der Waals surface area (Å²) in [7, 11) is 0. The van der Waals surface area contributed by atoms with Crippen LogP contribution in [0, 0.1) is 0 Å². The molecular formula is C9H12BrNS. The molecule has 0 saturated carbocycles. The Morgan fingerprint density at radius 1 is 1.42 bits per heavy atom. The highest BCUT2D eigenvalue weighted by Crippen LogP contribution is 2.32. The fraction of sp³-hybridized carbons (Fsp3) is 0.556. The molecule has 1 aromatic heterocycles. The van der Waals surface area contributed by atoms with Crippen LogP contribution in [0.2, 0.25) is 0 Å². The van der Waals surface area contributed by atoms with Gasteiger partial charge in [-0.1, -0.05) is 0 Å². The van der Waals surface area contributed by atoms with Crippen LogP contribution in [0.4, 0.5) is 0 Å². The van der Waals surface area contributed by atoms with Crippen molar-refractivity contribution < 1.29 is 0 Å². The second-order valence-electron chi connectivity index (χ2n) is 3.19. The van der Waals surface area contributed by atoms with E-state index in [2.05, 4.69) is 32.7 Å². The van der Waals surface area contributed by atoms with Crippen LogP contribution in [-0.4, -0.2) is 13.1 Å². The number of thiophene rings is 1. The van der Waals surface area contributed by atoms with Crippen molar-refractivity contribution in [3.63, 3.8) is 0 Å². The van der Waals surface area contributed by atoms with Gasteiger partial charge in [0, 0.05) is 14.7 Å². The summed E-state index contributed by atoms with van der Waals surface area (Å²) in [5, 5.41) is 5.56. The molecule has 1 aliphatic rings. The molecule has 1 fully saturated rings. The number of hydrogen-bond donors (Lipinski definition) is 1.